The van der Waals surface area contributed by atoms with Crippen LogP contribution in [0.15, 0.2) is 42.6 Å². The molecule has 1 amide bonds. The summed E-state index contributed by atoms with van der Waals surface area (Å²) in [5.41, 5.74) is 4.52. The van der Waals surface area contributed by atoms with E-state index in [1.54, 1.807) is 6.20 Å². The van der Waals surface area contributed by atoms with Crippen LogP contribution in [0.25, 0.3) is 5.69 Å². The van der Waals surface area contributed by atoms with Crippen molar-refractivity contribution in [2.24, 2.45) is 7.05 Å². The molecule has 1 N–H and O–H groups in total. The lowest BCUT2D eigenvalue weighted by Crippen LogP contribution is -2.30. The van der Waals surface area contributed by atoms with Crippen molar-refractivity contribution in [2.75, 3.05) is 18.9 Å². The predicted molar refractivity (Wildman–Crippen MR) is 101 cm³/mol. The Bertz CT molecular complexity index is 896. The van der Waals surface area contributed by atoms with Crippen LogP contribution in [0.3, 0.4) is 0 Å². The van der Waals surface area contributed by atoms with Crippen molar-refractivity contribution < 1.29 is 4.79 Å². The lowest BCUT2D eigenvalue weighted by atomic mass is 10.3. The molecule has 0 aliphatic carbocycles. The summed E-state index contributed by atoms with van der Waals surface area (Å²) in [7, 11) is 3.81. The van der Waals surface area contributed by atoms with Crippen LogP contribution >= 0.6 is 0 Å². The van der Waals surface area contributed by atoms with E-state index in [-0.39, 0.29) is 5.91 Å². The van der Waals surface area contributed by atoms with E-state index in [0.29, 0.717) is 13.1 Å². The van der Waals surface area contributed by atoms with Crippen LogP contribution in [0.2, 0.25) is 0 Å². The maximum atomic E-state index is 12.5. The van der Waals surface area contributed by atoms with Crippen molar-refractivity contribution in [1.82, 2.24) is 24.5 Å². The molecule has 2 heterocycles. The standard InChI is InChI=1S/C19H24N6O/c1-14-19(15(2)25(22-14)16-8-6-5-7-9-16)21-18(26)13-23(3)12-17-10-11-20-24(17)4/h5-11H,12-13H2,1-4H3,(H,21,26). The van der Waals surface area contributed by atoms with Gasteiger partial charge in [-0.1, -0.05) is 18.2 Å². The van der Waals surface area contributed by atoms with E-state index in [2.05, 4.69) is 15.5 Å². The van der Waals surface area contributed by atoms with Crippen molar-refractivity contribution >= 4 is 11.6 Å². The van der Waals surface area contributed by atoms with E-state index >= 15 is 0 Å². The molecule has 26 heavy (non-hydrogen) atoms. The number of carbonyl (C=O) groups excluding carboxylic acids is 1. The molecule has 0 atom stereocenters. The van der Waals surface area contributed by atoms with E-state index in [9.17, 15) is 4.79 Å². The van der Waals surface area contributed by atoms with Gasteiger partial charge < -0.3 is 5.32 Å². The monoisotopic (exact) mass is 352 g/mol. The summed E-state index contributed by atoms with van der Waals surface area (Å²) in [5.74, 6) is -0.0616. The van der Waals surface area contributed by atoms with Gasteiger partial charge in [0.2, 0.25) is 5.91 Å². The van der Waals surface area contributed by atoms with Gasteiger partial charge >= 0.3 is 0 Å². The van der Waals surface area contributed by atoms with Crippen LogP contribution in [0.5, 0.6) is 0 Å². The van der Waals surface area contributed by atoms with Gasteiger partial charge in [0.25, 0.3) is 0 Å². The van der Waals surface area contributed by atoms with Crippen LogP contribution in [-0.2, 0) is 18.4 Å². The van der Waals surface area contributed by atoms with Gasteiger partial charge in [0.05, 0.1) is 35.0 Å². The Kier molecular flexibility index (Phi) is 5.18. The third-order valence-corrected chi connectivity index (χ3v) is 4.32. The Hall–Kier alpha value is -2.93. The number of likely N-dealkylation sites (N-methyl/N-ethyl adjacent to an activating group) is 1. The highest BCUT2D eigenvalue weighted by molar-refractivity contribution is 5.93. The molecule has 7 heteroatoms. The molecule has 0 fully saturated rings. The largest absolute Gasteiger partial charge is 0.322 e. The van der Waals surface area contributed by atoms with Crippen molar-refractivity contribution in [3.05, 3.63) is 59.7 Å². The summed E-state index contributed by atoms with van der Waals surface area (Å²) >= 11 is 0. The van der Waals surface area contributed by atoms with Gasteiger partial charge in [-0.2, -0.15) is 10.2 Å². The molecule has 3 aromatic rings. The molecule has 0 saturated carbocycles. The number of nitrogens with zero attached hydrogens (tertiary/aromatic N) is 5. The zero-order valence-corrected chi connectivity index (χ0v) is 15.6. The van der Waals surface area contributed by atoms with Crippen molar-refractivity contribution in [2.45, 2.75) is 20.4 Å². The second kappa shape index (κ2) is 7.53. The molecule has 0 unspecified atom stereocenters. The minimum Gasteiger partial charge on any atom is -0.322 e. The van der Waals surface area contributed by atoms with Crippen LogP contribution in [0, 0.1) is 13.8 Å². The minimum absolute atomic E-state index is 0.0616. The molecule has 0 bridgehead atoms. The van der Waals surface area contributed by atoms with Gasteiger partial charge in [-0.15, -0.1) is 0 Å². The fourth-order valence-corrected chi connectivity index (χ4v) is 2.96. The summed E-state index contributed by atoms with van der Waals surface area (Å²) in [6.07, 6.45) is 1.76. The van der Waals surface area contributed by atoms with Crippen LogP contribution < -0.4 is 5.32 Å². The topological polar surface area (TPSA) is 68.0 Å². The van der Waals surface area contributed by atoms with E-state index in [4.69, 9.17) is 0 Å². The van der Waals surface area contributed by atoms with Gasteiger partial charge in [0.15, 0.2) is 0 Å². The lowest BCUT2D eigenvalue weighted by molar-refractivity contribution is -0.117. The number of amides is 1. The van der Waals surface area contributed by atoms with Crippen molar-refractivity contribution in [1.29, 1.82) is 0 Å². The third kappa shape index (κ3) is 3.83. The molecule has 0 radical (unpaired) electrons. The maximum Gasteiger partial charge on any atom is 0.238 e. The highest BCUT2D eigenvalue weighted by Crippen LogP contribution is 2.22. The quantitative estimate of drug-likeness (QED) is 0.739. The molecule has 7 nitrogen and oxygen atoms in total. The fourth-order valence-electron chi connectivity index (χ4n) is 2.96. The minimum atomic E-state index is -0.0616. The average molecular weight is 352 g/mol. The second-order valence-electron chi connectivity index (χ2n) is 6.46. The van der Waals surface area contributed by atoms with Gasteiger partial charge in [-0.3, -0.25) is 14.4 Å². The zero-order valence-electron chi connectivity index (χ0n) is 15.6. The number of anilines is 1. The molecule has 0 aliphatic heterocycles. The number of aryl methyl sites for hydroxylation is 2. The van der Waals surface area contributed by atoms with Crippen LogP contribution in [0.1, 0.15) is 17.1 Å². The Morgan fingerprint density at radius 3 is 2.58 bits per heavy atom. The summed E-state index contributed by atoms with van der Waals surface area (Å²) < 4.78 is 3.66. The van der Waals surface area contributed by atoms with Gasteiger partial charge in [-0.05, 0) is 39.1 Å². The molecule has 136 valence electrons. The van der Waals surface area contributed by atoms with Gasteiger partial charge in [0, 0.05) is 19.8 Å². The van der Waals surface area contributed by atoms with Crippen LogP contribution in [-0.4, -0.2) is 44.0 Å². The van der Waals surface area contributed by atoms with E-state index in [1.165, 1.54) is 0 Å². The summed E-state index contributed by atoms with van der Waals surface area (Å²) in [6.45, 7) is 4.81. The summed E-state index contributed by atoms with van der Waals surface area (Å²) in [5, 5.41) is 11.7. The third-order valence-electron chi connectivity index (χ3n) is 4.32. The smallest absolute Gasteiger partial charge is 0.238 e. The number of carbonyl (C=O) groups is 1. The molecule has 0 spiro atoms. The Morgan fingerprint density at radius 2 is 1.92 bits per heavy atom. The average Bonchev–Trinajstić information content (AvgIpc) is 3.13. The number of hydrogen-bond acceptors (Lipinski definition) is 4. The maximum absolute atomic E-state index is 12.5. The van der Waals surface area contributed by atoms with E-state index in [1.807, 2.05) is 78.6 Å². The first-order valence-electron chi connectivity index (χ1n) is 8.52. The number of benzene rings is 1. The molecular formula is C19H24N6O. The zero-order chi connectivity index (χ0) is 18.7. The molecule has 1 aromatic carbocycles. The SMILES string of the molecule is Cc1nn(-c2ccccc2)c(C)c1NC(=O)CN(C)Cc1ccnn1C. The Morgan fingerprint density at radius 1 is 1.19 bits per heavy atom. The van der Waals surface area contributed by atoms with Gasteiger partial charge in [0.1, 0.15) is 0 Å². The number of rotatable bonds is 6. The number of nitrogens with one attached hydrogen (secondary N) is 1. The summed E-state index contributed by atoms with van der Waals surface area (Å²) in [4.78, 5) is 14.4. The van der Waals surface area contributed by atoms with Crippen molar-refractivity contribution in [3.8, 4) is 5.69 Å². The number of aromatic nitrogens is 4. The van der Waals surface area contributed by atoms with Crippen molar-refractivity contribution in [3.63, 3.8) is 0 Å². The normalized spacial score (nSPS) is 11.1. The fraction of sp³-hybridized carbons (Fsp3) is 0.316. The van der Waals surface area contributed by atoms with Crippen LogP contribution in [0.4, 0.5) is 5.69 Å². The summed E-state index contributed by atoms with van der Waals surface area (Å²) in [6, 6.07) is 11.8. The second-order valence-corrected chi connectivity index (χ2v) is 6.46. The Balaban J connectivity index is 1.68. The number of hydrogen-bond donors (Lipinski definition) is 1. The molecule has 2 aromatic heterocycles. The first-order chi connectivity index (χ1) is 12.5. The molecular weight excluding hydrogens is 328 g/mol. The molecule has 0 saturated heterocycles. The highest BCUT2D eigenvalue weighted by Gasteiger charge is 2.16. The first-order valence-corrected chi connectivity index (χ1v) is 8.52. The molecule has 0 aliphatic rings. The highest BCUT2D eigenvalue weighted by atomic mass is 16.2. The molecule has 3 rings (SSSR count). The van der Waals surface area contributed by atoms with E-state index in [0.717, 1.165) is 28.5 Å². The lowest BCUT2D eigenvalue weighted by Gasteiger charge is -2.16. The number of para-hydroxylation sites is 1. The predicted octanol–water partition coefficient (Wildman–Crippen LogP) is 2.29. The van der Waals surface area contributed by atoms with Gasteiger partial charge in [-0.25, -0.2) is 4.68 Å². The Labute approximate surface area is 153 Å². The van der Waals surface area contributed by atoms with E-state index < -0.39 is 0 Å². The first kappa shape index (κ1) is 17.9.